The van der Waals surface area contributed by atoms with E-state index in [0.717, 1.165) is 35.4 Å². The van der Waals surface area contributed by atoms with Crippen LogP contribution in [0.15, 0.2) is 35.4 Å². The minimum Gasteiger partial charge on any atom is -0.462 e. The highest BCUT2D eigenvalue weighted by Gasteiger charge is 2.28. The van der Waals surface area contributed by atoms with Crippen LogP contribution in [0.3, 0.4) is 0 Å². The lowest BCUT2D eigenvalue weighted by molar-refractivity contribution is -0.119. The van der Waals surface area contributed by atoms with Gasteiger partial charge in [0.1, 0.15) is 16.3 Å². The van der Waals surface area contributed by atoms with E-state index in [4.69, 9.17) is 4.74 Å². The number of nitrogens with zero attached hydrogens (tertiary/aromatic N) is 3. The summed E-state index contributed by atoms with van der Waals surface area (Å²) < 4.78 is 6.39. The number of carbonyl (C=O) groups excluding carboxylic acids is 2. The number of anilines is 1. The van der Waals surface area contributed by atoms with Crippen molar-refractivity contribution in [1.82, 2.24) is 9.55 Å². The first-order valence-corrected chi connectivity index (χ1v) is 10.8. The third kappa shape index (κ3) is 3.41. The zero-order chi connectivity index (χ0) is 21.4. The first kappa shape index (κ1) is 20.3. The SMILES string of the molecule is CCOC(=O)c1sc2ncn(CC(=O)N3c4ccccc4CCC3C)c(=O)c2c1C. The number of rotatable bonds is 4. The monoisotopic (exact) mass is 425 g/mol. The molecular weight excluding hydrogens is 402 g/mol. The summed E-state index contributed by atoms with van der Waals surface area (Å²) in [6, 6.07) is 7.93. The number of esters is 1. The highest BCUT2D eigenvalue weighted by atomic mass is 32.1. The Morgan fingerprint density at radius 1 is 1.30 bits per heavy atom. The van der Waals surface area contributed by atoms with E-state index in [0.29, 0.717) is 20.7 Å². The molecule has 0 N–H and O–H groups in total. The minimum atomic E-state index is -0.459. The number of thiophene rings is 1. The van der Waals surface area contributed by atoms with E-state index in [9.17, 15) is 14.4 Å². The van der Waals surface area contributed by atoms with Crippen LogP contribution >= 0.6 is 11.3 Å². The van der Waals surface area contributed by atoms with Crippen LogP contribution in [0.5, 0.6) is 0 Å². The highest BCUT2D eigenvalue weighted by molar-refractivity contribution is 7.20. The van der Waals surface area contributed by atoms with Gasteiger partial charge in [0.2, 0.25) is 5.91 Å². The summed E-state index contributed by atoms with van der Waals surface area (Å²) in [4.78, 5) is 45.4. The third-order valence-electron chi connectivity index (χ3n) is 5.48. The molecule has 3 heterocycles. The Balaban J connectivity index is 1.69. The topological polar surface area (TPSA) is 81.5 Å². The molecule has 0 aliphatic carbocycles. The van der Waals surface area contributed by atoms with Gasteiger partial charge < -0.3 is 9.64 Å². The molecule has 0 fully saturated rings. The van der Waals surface area contributed by atoms with Crippen LogP contribution in [0.1, 0.15) is 41.1 Å². The number of hydrogen-bond acceptors (Lipinski definition) is 6. The van der Waals surface area contributed by atoms with Gasteiger partial charge in [-0.05, 0) is 50.8 Å². The normalized spacial score (nSPS) is 15.8. The molecule has 2 aromatic heterocycles. The second kappa shape index (κ2) is 8.02. The molecule has 1 atom stereocenters. The van der Waals surface area contributed by atoms with Crippen molar-refractivity contribution in [3.8, 4) is 0 Å². The molecule has 3 aromatic rings. The first-order valence-electron chi connectivity index (χ1n) is 9.98. The van der Waals surface area contributed by atoms with Gasteiger partial charge >= 0.3 is 5.97 Å². The van der Waals surface area contributed by atoms with Gasteiger partial charge in [-0.3, -0.25) is 14.2 Å². The Hall–Kier alpha value is -3.00. The summed E-state index contributed by atoms with van der Waals surface area (Å²) >= 11 is 1.14. The molecule has 0 bridgehead atoms. The molecule has 1 aromatic carbocycles. The summed E-state index contributed by atoms with van der Waals surface area (Å²) in [5.41, 5.74) is 2.26. The van der Waals surface area contributed by atoms with Crippen molar-refractivity contribution in [2.24, 2.45) is 0 Å². The standard InChI is InChI=1S/C22H23N3O4S/c1-4-29-22(28)19-14(3)18-20(30-19)23-12-24(21(18)27)11-17(26)25-13(2)9-10-15-7-5-6-8-16(15)25/h5-8,12-13H,4,9-11H2,1-3H3. The average Bonchev–Trinajstić information content (AvgIpc) is 3.07. The van der Waals surface area contributed by atoms with Crippen LogP contribution in [0.25, 0.3) is 10.2 Å². The molecule has 4 rings (SSSR count). The van der Waals surface area contributed by atoms with Gasteiger partial charge in [-0.1, -0.05) is 18.2 Å². The predicted molar refractivity (Wildman–Crippen MR) is 116 cm³/mol. The summed E-state index contributed by atoms with van der Waals surface area (Å²) in [5, 5.41) is 0.366. The van der Waals surface area contributed by atoms with E-state index in [2.05, 4.69) is 4.98 Å². The van der Waals surface area contributed by atoms with Gasteiger partial charge in [0.15, 0.2) is 0 Å². The van der Waals surface area contributed by atoms with Crippen LogP contribution in [0.2, 0.25) is 0 Å². The zero-order valence-electron chi connectivity index (χ0n) is 17.2. The van der Waals surface area contributed by atoms with Crippen molar-refractivity contribution in [2.75, 3.05) is 11.5 Å². The quantitative estimate of drug-likeness (QED) is 0.599. The molecule has 0 saturated carbocycles. The number of amides is 1. The fraction of sp³-hybridized carbons (Fsp3) is 0.364. The van der Waals surface area contributed by atoms with Crippen LogP contribution < -0.4 is 10.5 Å². The third-order valence-corrected chi connectivity index (χ3v) is 6.66. The number of fused-ring (bicyclic) bond motifs is 2. The molecule has 1 aliphatic rings. The molecule has 8 heteroatoms. The fourth-order valence-electron chi connectivity index (χ4n) is 3.95. The Labute approximate surface area is 177 Å². The smallest absolute Gasteiger partial charge is 0.348 e. The number of benzene rings is 1. The number of carbonyl (C=O) groups is 2. The predicted octanol–water partition coefficient (Wildman–Crippen LogP) is 3.31. The van der Waals surface area contributed by atoms with E-state index < -0.39 is 5.97 Å². The van der Waals surface area contributed by atoms with Crippen LogP contribution in [-0.2, 0) is 22.5 Å². The fourth-order valence-corrected chi connectivity index (χ4v) is 4.99. The van der Waals surface area contributed by atoms with E-state index in [1.54, 1.807) is 18.7 Å². The van der Waals surface area contributed by atoms with Gasteiger partial charge in [0, 0.05) is 11.7 Å². The largest absolute Gasteiger partial charge is 0.462 e. The van der Waals surface area contributed by atoms with Gasteiger partial charge in [-0.2, -0.15) is 0 Å². The van der Waals surface area contributed by atoms with Crippen molar-refractivity contribution in [3.63, 3.8) is 0 Å². The molecule has 1 unspecified atom stereocenters. The second-order valence-electron chi connectivity index (χ2n) is 7.41. The first-order chi connectivity index (χ1) is 14.4. The summed E-state index contributed by atoms with van der Waals surface area (Å²) in [5.74, 6) is -0.616. The van der Waals surface area contributed by atoms with E-state index >= 15 is 0 Å². The van der Waals surface area contributed by atoms with Crippen LogP contribution in [0, 0.1) is 6.92 Å². The Kier molecular flexibility index (Phi) is 5.42. The van der Waals surface area contributed by atoms with E-state index in [1.165, 1.54) is 10.9 Å². The number of hydrogen-bond donors (Lipinski definition) is 0. The lowest BCUT2D eigenvalue weighted by Crippen LogP contribution is -2.44. The van der Waals surface area contributed by atoms with E-state index in [1.807, 2.05) is 31.2 Å². The Morgan fingerprint density at radius 3 is 2.83 bits per heavy atom. The molecule has 1 aliphatic heterocycles. The molecule has 1 amide bonds. The molecule has 156 valence electrons. The number of ether oxygens (including phenoxy) is 1. The molecule has 0 spiro atoms. The molecule has 0 saturated heterocycles. The molecule has 7 nitrogen and oxygen atoms in total. The molecule has 30 heavy (non-hydrogen) atoms. The Morgan fingerprint density at radius 2 is 2.07 bits per heavy atom. The van der Waals surface area contributed by atoms with Crippen molar-refractivity contribution in [2.45, 2.75) is 46.2 Å². The minimum absolute atomic E-state index is 0.0538. The maximum absolute atomic E-state index is 13.2. The van der Waals surface area contributed by atoms with Crippen LogP contribution in [0.4, 0.5) is 5.69 Å². The van der Waals surface area contributed by atoms with Crippen molar-refractivity contribution in [1.29, 1.82) is 0 Å². The highest BCUT2D eigenvalue weighted by Crippen LogP contribution is 2.31. The van der Waals surface area contributed by atoms with Gasteiger partial charge in [0.25, 0.3) is 5.56 Å². The lowest BCUT2D eigenvalue weighted by Gasteiger charge is -2.35. The van der Waals surface area contributed by atoms with Gasteiger partial charge in [-0.15, -0.1) is 11.3 Å². The van der Waals surface area contributed by atoms with Crippen molar-refractivity contribution in [3.05, 3.63) is 57.0 Å². The van der Waals surface area contributed by atoms with Gasteiger partial charge in [0.05, 0.1) is 18.3 Å². The average molecular weight is 426 g/mol. The lowest BCUT2D eigenvalue weighted by atomic mass is 9.96. The molecule has 0 radical (unpaired) electrons. The number of aryl methyl sites for hydroxylation is 2. The summed E-state index contributed by atoms with van der Waals surface area (Å²) in [7, 11) is 0. The maximum atomic E-state index is 13.2. The van der Waals surface area contributed by atoms with Crippen LogP contribution in [-0.4, -0.2) is 34.1 Å². The number of aromatic nitrogens is 2. The van der Waals surface area contributed by atoms with Crippen molar-refractivity contribution < 1.29 is 14.3 Å². The molecular formula is C22H23N3O4S. The van der Waals surface area contributed by atoms with E-state index in [-0.39, 0.29) is 30.7 Å². The maximum Gasteiger partial charge on any atom is 0.348 e. The second-order valence-corrected chi connectivity index (χ2v) is 8.41. The number of para-hydroxylation sites is 1. The summed E-state index contributed by atoms with van der Waals surface area (Å²) in [6.07, 6.45) is 3.19. The van der Waals surface area contributed by atoms with Gasteiger partial charge in [-0.25, -0.2) is 9.78 Å². The Bertz CT molecular complexity index is 1200. The van der Waals surface area contributed by atoms with Crippen molar-refractivity contribution >= 4 is 39.1 Å². The summed E-state index contributed by atoms with van der Waals surface area (Å²) in [6.45, 7) is 5.62. The zero-order valence-corrected chi connectivity index (χ0v) is 18.0.